The zero-order valence-electron chi connectivity index (χ0n) is 5.55. The molecule has 10 heavy (non-hydrogen) atoms. The van der Waals surface area contributed by atoms with Gasteiger partial charge in [0.2, 0.25) is 0 Å². The van der Waals surface area contributed by atoms with Crippen LogP contribution in [-0.4, -0.2) is 18.6 Å². The summed E-state index contributed by atoms with van der Waals surface area (Å²) in [6, 6.07) is 0. The van der Waals surface area contributed by atoms with Crippen molar-refractivity contribution < 1.29 is 47.4 Å². The monoisotopic (exact) mass is 277 g/mol. The van der Waals surface area contributed by atoms with E-state index in [-0.39, 0.29) is 25.4 Å². The topological polar surface area (TPSA) is 26.0 Å². The summed E-state index contributed by atoms with van der Waals surface area (Å²) in [6.07, 6.45) is -5.51. The molecule has 0 atom stereocenters. The van der Waals surface area contributed by atoms with E-state index in [1.54, 1.807) is 0 Å². The molecule has 0 heterocycles. The lowest BCUT2D eigenvalue weighted by Gasteiger charge is -2.16. The summed E-state index contributed by atoms with van der Waals surface area (Å²) in [7, 11) is 0. The standard InChI is InChI=1S/C3H4F5N.HI/c4-2(5,1-9)3(6,7)8;/h1,9H2;1H. The SMILES string of the molecule is NCC(F)(F)C(F)(F)F.[H+].[I-]. The van der Waals surface area contributed by atoms with Crippen LogP contribution in [-0.2, 0) is 0 Å². The van der Waals surface area contributed by atoms with E-state index in [4.69, 9.17) is 0 Å². The summed E-state index contributed by atoms with van der Waals surface area (Å²) in [6.45, 7) is -1.70. The van der Waals surface area contributed by atoms with E-state index in [9.17, 15) is 22.0 Å². The average molecular weight is 277 g/mol. The van der Waals surface area contributed by atoms with Gasteiger partial charge in [0, 0.05) is 0 Å². The van der Waals surface area contributed by atoms with Gasteiger partial charge in [-0.25, -0.2) is 0 Å². The van der Waals surface area contributed by atoms with Crippen molar-refractivity contribution >= 4 is 0 Å². The molecule has 0 unspecified atom stereocenters. The first-order valence-electron chi connectivity index (χ1n) is 1.96. The van der Waals surface area contributed by atoms with Crippen LogP contribution in [0.3, 0.4) is 0 Å². The number of hydrogen-bond acceptors (Lipinski definition) is 1. The quantitative estimate of drug-likeness (QED) is 0.447. The third-order valence-electron chi connectivity index (χ3n) is 0.671. The maximum Gasteiger partial charge on any atom is 1.00 e. The van der Waals surface area contributed by atoms with Gasteiger partial charge in [0.25, 0.3) is 0 Å². The van der Waals surface area contributed by atoms with E-state index in [1.165, 1.54) is 0 Å². The Hall–Kier alpha value is 0.340. The van der Waals surface area contributed by atoms with Crippen LogP contribution in [0, 0.1) is 0 Å². The molecule has 0 rings (SSSR count). The fourth-order valence-corrected chi connectivity index (χ4v) is 0.116. The zero-order valence-corrected chi connectivity index (χ0v) is 6.71. The van der Waals surface area contributed by atoms with E-state index in [1.807, 2.05) is 0 Å². The lowest BCUT2D eigenvalue weighted by molar-refractivity contribution is -0.276. The van der Waals surface area contributed by atoms with Crippen LogP contribution < -0.4 is 29.7 Å². The highest BCUT2D eigenvalue weighted by Crippen LogP contribution is 2.33. The summed E-state index contributed by atoms with van der Waals surface area (Å²) in [5, 5.41) is 0. The molecule has 0 bridgehead atoms. The van der Waals surface area contributed by atoms with Crippen LogP contribution in [0.4, 0.5) is 22.0 Å². The van der Waals surface area contributed by atoms with Crippen LogP contribution in [0.5, 0.6) is 0 Å². The first-order chi connectivity index (χ1) is 3.81. The molecule has 0 aliphatic heterocycles. The molecule has 0 amide bonds. The maximum atomic E-state index is 11.4. The van der Waals surface area contributed by atoms with Crippen LogP contribution in [0.1, 0.15) is 1.43 Å². The smallest absolute Gasteiger partial charge is 1.00 e. The fraction of sp³-hybridized carbons (Fsp3) is 1.00. The summed E-state index contributed by atoms with van der Waals surface area (Å²) in [5.41, 5.74) is 4.12. The predicted molar refractivity (Wildman–Crippen MR) is 21.2 cm³/mol. The summed E-state index contributed by atoms with van der Waals surface area (Å²) in [4.78, 5) is 0. The minimum absolute atomic E-state index is 0. The molecule has 0 saturated carbocycles. The largest absolute Gasteiger partial charge is 1.00 e. The number of nitrogens with two attached hydrogens (primary N) is 1. The summed E-state index contributed by atoms with van der Waals surface area (Å²) in [5.74, 6) is -4.74. The molecule has 0 fully saturated rings. The minimum atomic E-state index is -5.51. The molecule has 0 radical (unpaired) electrons. The van der Waals surface area contributed by atoms with Gasteiger partial charge in [-0.15, -0.1) is 0 Å². The lowest BCUT2D eigenvalue weighted by Crippen LogP contribution is -3.00. The van der Waals surface area contributed by atoms with E-state index >= 15 is 0 Å². The summed E-state index contributed by atoms with van der Waals surface area (Å²) < 4.78 is 55.8. The number of alkyl halides is 5. The first-order valence-corrected chi connectivity index (χ1v) is 1.96. The van der Waals surface area contributed by atoms with Crippen molar-refractivity contribution in [2.75, 3.05) is 6.54 Å². The Bertz CT molecular complexity index is 104. The molecule has 64 valence electrons. The van der Waals surface area contributed by atoms with Gasteiger partial charge in [-0.3, -0.25) is 0 Å². The molecule has 1 nitrogen and oxygen atoms in total. The van der Waals surface area contributed by atoms with Crippen molar-refractivity contribution in [3.05, 3.63) is 0 Å². The van der Waals surface area contributed by atoms with Gasteiger partial charge in [0.15, 0.2) is 0 Å². The molecular formula is C3H5F5IN. The molecule has 0 aromatic carbocycles. The molecule has 2 N–H and O–H groups in total. The normalized spacial score (nSPS) is 12.6. The van der Waals surface area contributed by atoms with Crippen molar-refractivity contribution in [1.29, 1.82) is 0 Å². The Morgan fingerprint density at radius 1 is 1.10 bits per heavy atom. The molecule has 7 heteroatoms. The molecule has 0 spiro atoms. The first kappa shape index (κ1) is 13.0. The van der Waals surface area contributed by atoms with Gasteiger partial charge in [-0.05, 0) is 0 Å². The van der Waals surface area contributed by atoms with Crippen molar-refractivity contribution in [3.8, 4) is 0 Å². The van der Waals surface area contributed by atoms with Gasteiger partial charge in [-0.1, -0.05) is 0 Å². The van der Waals surface area contributed by atoms with Gasteiger partial charge < -0.3 is 29.7 Å². The molecule has 0 aliphatic carbocycles. The molecule has 0 aromatic heterocycles. The van der Waals surface area contributed by atoms with Gasteiger partial charge >= 0.3 is 13.5 Å². The Morgan fingerprint density at radius 3 is 1.40 bits per heavy atom. The van der Waals surface area contributed by atoms with Crippen molar-refractivity contribution in [2.45, 2.75) is 12.1 Å². The van der Waals surface area contributed by atoms with Crippen LogP contribution in [0.15, 0.2) is 0 Å². The zero-order chi connectivity index (χ0) is 7.71. The molecule has 0 aromatic rings. The van der Waals surface area contributed by atoms with E-state index in [0.29, 0.717) is 0 Å². The van der Waals surface area contributed by atoms with Crippen LogP contribution >= 0.6 is 0 Å². The Kier molecular flexibility index (Phi) is 4.73. The number of hydrogen-bond donors (Lipinski definition) is 1. The van der Waals surface area contributed by atoms with Gasteiger partial charge in [0.1, 0.15) is 0 Å². The second-order valence-corrected chi connectivity index (χ2v) is 1.41. The van der Waals surface area contributed by atoms with Crippen molar-refractivity contribution in [3.63, 3.8) is 0 Å². The van der Waals surface area contributed by atoms with E-state index < -0.39 is 18.6 Å². The lowest BCUT2D eigenvalue weighted by atomic mass is 10.3. The second-order valence-electron chi connectivity index (χ2n) is 1.41. The Morgan fingerprint density at radius 2 is 1.40 bits per heavy atom. The van der Waals surface area contributed by atoms with Crippen molar-refractivity contribution in [1.82, 2.24) is 0 Å². The van der Waals surface area contributed by atoms with Gasteiger partial charge in [-0.2, -0.15) is 22.0 Å². The highest BCUT2D eigenvalue weighted by Gasteiger charge is 2.56. The second kappa shape index (κ2) is 3.65. The average Bonchev–Trinajstić information content (AvgIpc) is 1.64. The fourth-order valence-electron chi connectivity index (χ4n) is 0.116. The van der Waals surface area contributed by atoms with E-state index in [0.717, 1.165) is 0 Å². The molecular weight excluding hydrogens is 272 g/mol. The van der Waals surface area contributed by atoms with Crippen molar-refractivity contribution in [2.24, 2.45) is 5.73 Å². The minimum Gasteiger partial charge on any atom is -1.00 e. The Labute approximate surface area is 72.3 Å². The predicted octanol–water partition coefficient (Wildman–Crippen LogP) is -1.74. The van der Waals surface area contributed by atoms with E-state index in [2.05, 4.69) is 5.73 Å². The molecule has 0 saturated heterocycles. The summed E-state index contributed by atoms with van der Waals surface area (Å²) >= 11 is 0. The highest BCUT2D eigenvalue weighted by atomic mass is 127. The van der Waals surface area contributed by atoms with Gasteiger partial charge in [0.05, 0.1) is 6.54 Å². The highest BCUT2D eigenvalue weighted by molar-refractivity contribution is 4.75. The third kappa shape index (κ3) is 2.95. The third-order valence-corrected chi connectivity index (χ3v) is 0.671. The van der Waals surface area contributed by atoms with Crippen LogP contribution in [0.25, 0.3) is 0 Å². The maximum absolute atomic E-state index is 11.4. The van der Waals surface area contributed by atoms with Crippen LogP contribution in [0.2, 0.25) is 0 Å². The Balaban J connectivity index is -0.000000320. The molecule has 0 aliphatic rings. The number of halogens is 6. The number of rotatable bonds is 1.